The summed E-state index contributed by atoms with van der Waals surface area (Å²) in [4.78, 5) is 29.6. The van der Waals surface area contributed by atoms with Crippen LogP contribution in [0.2, 0.25) is 10.0 Å². The fourth-order valence-electron chi connectivity index (χ4n) is 3.06. The highest BCUT2D eigenvalue weighted by atomic mass is 35.5. The average molecular weight is 491 g/mol. The second-order valence-corrected chi connectivity index (χ2v) is 8.50. The number of anilines is 1. The molecular formula is C22H16Cl2N2O5S. The highest BCUT2D eigenvalue weighted by Gasteiger charge is 2.28. The van der Waals surface area contributed by atoms with Crippen molar-refractivity contribution in [2.45, 2.75) is 6.92 Å². The minimum Gasteiger partial charge on any atom is -0.482 e. The maximum atomic E-state index is 12.6. The van der Waals surface area contributed by atoms with Crippen LogP contribution in [0.25, 0.3) is 20.8 Å². The number of fused-ring (bicyclic) bond motifs is 1. The number of esters is 1. The summed E-state index contributed by atoms with van der Waals surface area (Å²) < 4.78 is 17.0. The van der Waals surface area contributed by atoms with Crippen LogP contribution in [0.3, 0.4) is 0 Å². The predicted molar refractivity (Wildman–Crippen MR) is 124 cm³/mol. The van der Waals surface area contributed by atoms with Gasteiger partial charge in [-0.1, -0.05) is 35.3 Å². The normalized spacial score (nSPS) is 10.9. The zero-order valence-electron chi connectivity index (χ0n) is 16.9. The molecule has 0 spiro atoms. The Kier molecular flexibility index (Phi) is 6.36. The van der Waals surface area contributed by atoms with Gasteiger partial charge >= 0.3 is 5.97 Å². The Hall–Kier alpha value is -3.07. The molecule has 0 saturated carbocycles. The molecule has 32 heavy (non-hydrogen) atoms. The fourth-order valence-corrected chi connectivity index (χ4v) is 4.41. The van der Waals surface area contributed by atoms with Gasteiger partial charge in [-0.05, 0) is 31.2 Å². The van der Waals surface area contributed by atoms with Crippen molar-refractivity contribution in [3.05, 3.63) is 63.8 Å². The van der Waals surface area contributed by atoms with E-state index >= 15 is 0 Å². The lowest BCUT2D eigenvalue weighted by atomic mass is 10.1. The van der Waals surface area contributed by atoms with Gasteiger partial charge in [0.15, 0.2) is 6.61 Å². The van der Waals surface area contributed by atoms with E-state index in [0.717, 1.165) is 10.2 Å². The van der Waals surface area contributed by atoms with Crippen LogP contribution in [0.4, 0.5) is 5.88 Å². The summed E-state index contributed by atoms with van der Waals surface area (Å²) in [7, 11) is 1.28. The van der Waals surface area contributed by atoms with Crippen molar-refractivity contribution in [1.29, 1.82) is 0 Å². The number of hydrogen-bond donors (Lipinski definition) is 1. The number of benzene rings is 2. The monoisotopic (exact) mass is 490 g/mol. The molecule has 4 aromatic rings. The summed E-state index contributed by atoms with van der Waals surface area (Å²) in [5, 5.41) is 3.90. The molecule has 0 aliphatic heterocycles. The molecule has 2 aromatic heterocycles. The summed E-state index contributed by atoms with van der Waals surface area (Å²) >= 11 is 13.4. The van der Waals surface area contributed by atoms with E-state index in [2.05, 4.69) is 10.3 Å². The molecule has 2 aromatic carbocycles. The van der Waals surface area contributed by atoms with E-state index < -0.39 is 11.9 Å². The molecule has 0 aliphatic rings. The van der Waals surface area contributed by atoms with E-state index in [1.807, 2.05) is 24.3 Å². The Bertz CT molecular complexity index is 1300. The predicted octanol–water partition coefficient (Wildman–Crippen LogP) is 5.98. The number of ether oxygens (including phenoxy) is 2. The van der Waals surface area contributed by atoms with Crippen molar-refractivity contribution in [2.75, 3.05) is 19.0 Å². The maximum absolute atomic E-state index is 12.6. The third kappa shape index (κ3) is 4.43. The number of thiazole rings is 1. The van der Waals surface area contributed by atoms with Gasteiger partial charge in [0.1, 0.15) is 22.1 Å². The second-order valence-electron chi connectivity index (χ2n) is 6.63. The highest BCUT2D eigenvalue weighted by Crippen LogP contribution is 2.40. The minimum absolute atomic E-state index is 0.0766. The third-order valence-corrected chi connectivity index (χ3v) is 6.09. The number of methoxy groups -OCH3 is 1. The van der Waals surface area contributed by atoms with Crippen molar-refractivity contribution < 1.29 is 23.5 Å². The van der Waals surface area contributed by atoms with Gasteiger partial charge in [0, 0.05) is 11.1 Å². The van der Waals surface area contributed by atoms with Crippen LogP contribution in [0, 0.1) is 6.92 Å². The van der Waals surface area contributed by atoms with Crippen LogP contribution >= 0.6 is 34.5 Å². The smallest absolute Gasteiger partial charge is 0.342 e. The van der Waals surface area contributed by atoms with E-state index in [0.29, 0.717) is 26.4 Å². The van der Waals surface area contributed by atoms with Gasteiger partial charge in [-0.2, -0.15) is 0 Å². The Balaban J connectivity index is 1.65. The summed E-state index contributed by atoms with van der Waals surface area (Å²) in [5.74, 6) is -0.476. The molecule has 0 unspecified atom stereocenters. The van der Waals surface area contributed by atoms with Crippen LogP contribution in [0.15, 0.2) is 46.9 Å². The number of nitrogens with zero attached hydrogens (tertiary/aromatic N) is 1. The lowest BCUT2D eigenvalue weighted by Gasteiger charge is -2.09. The van der Waals surface area contributed by atoms with Crippen LogP contribution in [-0.4, -0.2) is 30.6 Å². The molecule has 4 rings (SSSR count). The number of halogens is 2. The second kappa shape index (κ2) is 9.20. The van der Waals surface area contributed by atoms with Crippen LogP contribution in [-0.2, 0) is 9.53 Å². The number of aryl methyl sites for hydroxylation is 1. The number of para-hydroxylation sites is 1. The molecule has 0 saturated heterocycles. The molecule has 0 bridgehead atoms. The molecule has 1 N–H and O–H groups in total. The average Bonchev–Trinajstić information content (AvgIpc) is 3.34. The first-order valence-corrected chi connectivity index (χ1v) is 10.9. The molecule has 10 heteroatoms. The Labute approximate surface area is 196 Å². The van der Waals surface area contributed by atoms with E-state index in [4.69, 9.17) is 37.1 Å². The summed E-state index contributed by atoms with van der Waals surface area (Å²) in [6.45, 7) is 1.26. The van der Waals surface area contributed by atoms with Gasteiger partial charge in [-0.3, -0.25) is 10.1 Å². The van der Waals surface area contributed by atoms with Crippen LogP contribution in [0.5, 0.6) is 5.75 Å². The summed E-state index contributed by atoms with van der Waals surface area (Å²) in [5.41, 5.74) is 1.31. The largest absolute Gasteiger partial charge is 0.482 e. The summed E-state index contributed by atoms with van der Waals surface area (Å²) in [6, 6.07) is 12.2. The van der Waals surface area contributed by atoms with Crippen molar-refractivity contribution in [1.82, 2.24) is 4.98 Å². The third-order valence-electron chi connectivity index (χ3n) is 4.49. The first-order valence-electron chi connectivity index (χ1n) is 9.32. The van der Waals surface area contributed by atoms with Gasteiger partial charge in [0.05, 0.1) is 27.9 Å². The molecule has 0 atom stereocenters. The van der Waals surface area contributed by atoms with Crippen LogP contribution < -0.4 is 10.1 Å². The van der Waals surface area contributed by atoms with Crippen LogP contribution in [0.1, 0.15) is 16.1 Å². The van der Waals surface area contributed by atoms with Gasteiger partial charge in [-0.15, -0.1) is 11.3 Å². The van der Waals surface area contributed by atoms with Crippen molar-refractivity contribution in [3.63, 3.8) is 0 Å². The first kappa shape index (κ1) is 22.1. The quantitative estimate of drug-likeness (QED) is 0.334. The van der Waals surface area contributed by atoms with Crippen molar-refractivity contribution in [2.24, 2.45) is 0 Å². The number of aromatic nitrogens is 1. The first-order chi connectivity index (χ1) is 15.4. The Morgan fingerprint density at radius 1 is 1.19 bits per heavy atom. The zero-order chi connectivity index (χ0) is 22.8. The standard InChI is InChI=1S/C22H16Cl2N2O5S/c1-11-18(22(28)29-2)19(21-25-14-5-3-4-6-16(14)32-21)20(31-11)26-17(27)10-30-15-9-12(23)7-8-13(15)24/h3-9H,10H2,1-2H3,(H,26,27). The van der Waals surface area contributed by atoms with Gasteiger partial charge < -0.3 is 13.9 Å². The molecular weight excluding hydrogens is 475 g/mol. The zero-order valence-corrected chi connectivity index (χ0v) is 19.2. The molecule has 164 valence electrons. The Morgan fingerprint density at radius 2 is 1.97 bits per heavy atom. The Morgan fingerprint density at radius 3 is 2.72 bits per heavy atom. The molecule has 2 heterocycles. The van der Waals surface area contributed by atoms with Gasteiger partial charge in [0.25, 0.3) is 5.91 Å². The number of furan rings is 1. The maximum Gasteiger partial charge on any atom is 0.342 e. The molecule has 0 radical (unpaired) electrons. The number of rotatable bonds is 6. The summed E-state index contributed by atoms with van der Waals surface area (Å²) in [6.07, 6.45) is 0. The molecule has 1 amide bonds. The van der Waals surface area contributed by atoms with Crippen molar-refractivity contribution in [3.8, 4) is 16.3 Å². The minimum atomic E-state index is -0.594. The van der Waals surface area contributed by atoms with E-state index in [1.54, 1.807) is 19.1 Å². The van der Waals surface area contributed by atoms with Gasteiger partial charge in [0.2, 0.25) is 5.88 Å². The number of carbonyl (C=O) groups is 2. The molecule has 0 fully saturated rings. The SMILES string of the molecule is COC(=O)c1c(C)oc(NC(=O)COc2cc(Cl)ccc2Cl)c1-c1nc2ccccc2s1. The topological polar surface area (TPSA) is 90.7 Å². The fraction of sp³-hybridized carbons (Fsp3) is 0.136. The molecule has 7 nitrogen and oxygen atoms in total. The highest BCUT2D eigenvalue weighted by molar-refractivity contribution is 7.21. The lowest BCUT2D eigenvalue weighted by molar-refractivity contribution is -0.118. The number of carbonyl (C=O) groups excluding carboxylic acids is 2. The van der Waals surface area contributed by atoms with E-state index in [1.165, 1.54) is 24.5 Å². The lowest BCUT2D eigenvalue weighted by Crippen LogP contribution is -2.20. The number of amides is 1. The number of nitrogens with one attached hydrogen (secondary N) is 1. The van der Waals surface area contributed by atoms with Crippen molar-refractivity contribution >= 4 is 62.5 Å². The number of hydrogen-bond acceptors (Lipinski definition) is 7. The van der Waals surface area contributed by atoms with E-state index in [-0.39, 0.29) is 23.8 Å². The van der Waals surface area contributed by atoms with Gasteiger partial charge in [-0.25, -0.2) is 9.78 Å². The molecule has 0 aliphatic carbocycles. The van der Waals surface area contributed by atoms with E-state index in [9.17, 15) is 9.59 Å².